The highest BCUT2D eigenvalue weighted by molar-refractivity contribution is 5.42. The maximum atomic E-state index is 4.59. The third kappa shape index (κ3) is 5.89. The van der Waals surface area contributed by atoms with E-state index in [9.17, 15) is 0 Å². The van der Waals surface area contributed by atoms with Crippen LogP contribution >= 0.6 is 0 Å². The molecule has 0 atom stereocenters. The van der Waals surface area contributed by atoms with Crippen molar-refractivity contribution < 1.29 is 0 Å². The lowest BCUT2D eigenvalue weighted by molar-refractivity contribution is 0.679. The van der Waals surface area contributed by atoms with Crippen LogP contribution in [-0.4, -0.2) is 23.1 Å². The molecule has 1 aliphatic carbocycles. The molecule has 2 aromatic rings. The summed E-state index contributed by atoms with van der Waals surface area (Å²) in [6, 6.07) is 12.5. The number of nitrogens with one attached hydrogen (secondary N) is 2. The summed E-state index contributed by atoms with van der Waals surface area (Å²) in [5.74, 6) is 1.61. The van der Waals surface area contributed by atoms with Crippen molar-refractivity contribution in [2.24, 2.45) is 0 Å². The Morgan fingerprint density at radius 3 is 2.60 bits per heavy atom. The average Bonchev–Trinajstić information content (AvgIpc) is 2.63. The van der Waals surface area contributed by atoms with Crippen molar-refractivity contribution in [3.63, 3.8) is 0 Å². The Balaban J connectivity index is 1.48. The topological polar surface area (TPSA) is 49.8 Å². The van der Waals surface area contributed by atoms with Gasteiger partial charge >= 0.3 is 0 Å². The number of hydrogen-bond donors (Lipinski definition) is 2. The Labute approximate surface area is 150 Å². The van der Waals surface area contributed by atoms with Crippen LogP contribution in [0.1, 0.15) is 43.4 Å². The molecule has 0 saturated carbocycles. The quantitative estimate of drug-likeness (QED) is 0.684. The van der Waals surface area contributed by atoms with Crippen LogP contribution in [0.25, 0.3) is 0 Å². The predicted octanol–water partition coefficient (Wildman–Crippen LogP) is 4.74. The fourth-order valence-corrected chi connectivity index (χ4v) is 3.18. The molecule has 0 fully saturated rings. The Bertz CT molecular complexity index is 694. The van der Waals surface area contributed by atoms with Gasteiger partial charge in [0.15, 0.2) is 0 Å². The van der Waals surface area contributed by atoms with Gasteiger partial charge in [0.25, 0.3) is 0 Å². The molecule has 0 bridgehead atoms. The fraction of sp³-hybridized carbons (Fsp3) is 0.429. The summed E-state index contributed by atoms with van der Waals surface area (Å²) in [5, 5.41) is 6.79. The minimum atomic E-state index is 0.704. The van der Waals surface area contributed by atoms with Crippen LogP contribution in [0.3, 0.4) is 0 Å². The van der Waals surface area contributed by atoms with Crippen molar-refractivity contribution in [2.75, 3.05) is 23.7 Å². The van der Waals surface area contributed by atoms with Crippen molar-refractivity contribution >= 4 is 11.8 Å². The summed E-state index contributed by atoms with van der Waals surface area (Å²) in [6.07, 6.45) is 9.68. The van der Waals surface area contributed by atoms with Crippen molar-refractivity contribution in [1.29, 1.82) is 0 Å². The van der Waals surface area contributed by atoms with Crippen molar-refractivity contribution in [1.82, 2.24) is 9.97 Å². The molecule has 2 N–H and O–H groups in total. The zero-order chi connectivity index (χ0) is 17.3. The summed E-state index contributed by atoms with van der Waals surface area (Å²) >= 11 is 0. The van der Waals surface area contributed by atoms with E-state index in [2.05, 4.69) is 50.9 Å². The van der Waals surface area contributed by atoms with E-state index in [1.807, 2.05) is 19.1 Å². The van der Waals surface area contributed by atoms with Crippen LogP contribution < -0.4 is 10.6 Å². The monoisotopic (exact) mass is 336 g/mol. The van der Waals surface area contributed by atoms with Gasteiger partial charge in [0, 0.05) is 24.8 Å². The van der Waals surface area contributed by atoms with Crippen LogP contribution in [-0.2, 0) is 6.42 Å². The van der Waals surface area contributed by atoms with Gasteiger partial charge < -0.3 is 10.6 Å². The maximum Gasteiger partial charge on any atom is 0.224 e. The molecule has 1 aromatic carbocycles. The first-order valence-electron chi connectivity index (χ1n) is 9.35. The van der Waals surface area contributed by atoms with Gasteiger partial charge in [-0.25, -0.2) is 4.98 Å². The zero-order valence-corrected chi connectivity index (χ0v) is 15.1. The van der Waals surface area contributed by atoms with Gasteiger partial charge in [0.05, 0.1) is 0 Å². The Hall–Kier alpha value is -2.36. The number of rotatable bonds is 8. The van der Waals surface area contributed by atoms with E-state index in [0.717, 1.165) is 37.4 Å². The summed E-state index contributed by atoms with van der Waals surface area (Å²) in [7, 11) is 0. The van der Waals surface area contributed by atoms with Crippen LogP contribution in [0.5, 0.6) is 0 Å². The molecule has 1 aliphatic rings. The first-order valence-corrected chi connectivity index (χ1v) is 9.35. The van der Waals surface area contributed by atoms with E-state index in [1.54, 1.807) is 5.57 Å². The van der Waals surface area contributed by atoms with E-state index < -0.39 is 0 Å². The lowest BCUT2D eigenvalue weighted by Crippen LogP contribution is -2.11. The second kappa shape index (κ2) is 9.21. The molecule has 0 amide bonds. The van der Waals surface area contributed by atoms with Gasteiger partial charge in [-0.1, -0.05) is 42.0 Å². The molecule has 4 nitrogen and oxygen atoms in total. The lowest BCUT2D eigenvalue weighted by atomic mass is 9.97. The van der Waals surface area contributed by atoms with Crippen molar-refractivity contribution in [3.05, 3.63) is 59.3 Å². The Morgan fingerprint density at radius 1 is 0.960 bits per heavy atom. The minimum absolute atomic E-state index is 0.704. The molecule has 4 heteroatoms. The predicted molar refractivity (Wildman–Crippen MR) is 105 cm³/mol. The number of hydrogen-bond acceptors (Lipinski definition) is 4. The summed E-state index contributed by atoms with van der Waals surface area (Å²) < 4.78 is 0. The molecular formula is C21H28N4. The third-order valence-electron chi connectivity index (χ3n) is 4.53. The molecule has 0 spiro atoms. The molecule has 0 radical (unpaired) electrons. The summed E-state index contributed by atoms with van der Waals surface area (Å²) in [4.78, 5) is 9.08. The highest BCUT2D eigenvalue weighted by atomic mass is 15.1. The first-order chi connectivity index (χ1) is 12.3. The molecular weight excluding hydrogens is 308 g/mol. The van der Waals surface area contributed by atoms with E-state index in [0.29, 0.717) is 5.95 Å². The number of benzene rings is 1. The van der Waals surface area contributed by atoms with E-state index >= 15 is 0 Å². The normalized spacial score (nSPS) is 14.0. The van der Waals surface area contributed by atoms with Gasteiger partial charge in [-0.2, -0.15) is 4.98 Å². The molecule has 1 aromatic heterocycles. The summed E-state index contributed by atoms with van der Waals surface area (Å²) in [5.41, 5.74) is 3.89. The minimum Gasteiger partial charge on any atom is -0.370 e. The Morgan fingerprint density at radius 2 is 1.80 bits per heavy atom. The van der Waals surface area contributed by atoms with Crippen molar-refractivity contribution in [2.45, 2.75) is 45.4 Å². The van der Waals surface area contributed by atoms with Gasteiger partial charge in [0.1, 0.15) is 5.82 Å². The molecule has 132 valence electrons. The highest BCUT2D eigenvalue weighted by Crippen LogP contribution is 2.20. The number of nitrogens with zero attached hydrogens (tertiary/aromatic N) is 2. The van der Waals surface area contributed by atoms with Gasteiger partial charge in [0.2, 0.25) is 5.95 Å². The first kappa shape index (κ1) is 17.5. The highest BCUT2D eigenvalue weighted by Gasteiger charge is 2.05. The second-order valence-corrected chi connectivity index (χ2v) is 6.67. The van der Waals surface area contributed by atoms with Gasteiger partial charge in [-0.05, 0) is 51.0 Å². The second-order valence-electron chi connectivity index (χ2n) is 6.67. The SMILES string of the molecule is Cc1cc(NCCC2=CCCCC2)nc(NCCc2ccccc2)n1. The fourth-order valence-electron chi connectivity index (χ4n) is 3.18. The number of aromatic nitrogens is 2. The Kier molecular flexibility index (Phi) is 6.43. The molecule has 25 heavy (non-hydrogen) atoms. The molecule has 0 saturated heterocycles. The number of aryl methyl sites for hydroxylation is 1. The smallest absolute Gasteiger partial charge is 0.224 e. The lowest BCUT2D eigenvalue weighted by Gasteiger charge is -2.14. The van der Waals surface area contributed by atoms with Crippen LogP contribution in [0.4, 0.5) is 11.8 Å². The zero-order valence-electron chi connectivity index (χ0n) is 15.1. The number of anilines is 2. The summed E-state index contributed by atoms with van der Waals surface area (Å²) in [6.45, 7) is 3.78. The van der Waals surface area contributed by atoms with Gasteiger partial charge in [-0.3, -0.25) is 0 Å². The van der Waals surface area contributed by atoms with Gasteiger partial charge in [-0.15, -0.1) is 0 Å². The van der Waals surface area contributed by atoms with E-state index in [1.165, 1.54) is 31.2 Å². The van der Waals surface area contributed by atoms with Crippen LogP contribution in [0.2, 0.25) is 0 Å². The van der Waals surface area contributed by atoms with Crippen LogP contribution in [0, 0.1) is 6.92 Å². The molecule has 1 heterocycles. The standard InChI is InChI=1S/C21H28N4/c1-17-16-20(22-14-12-18-8-4-2-5-9-18)25-21(24-17)23-15-13-19-10-6-3-7-11-19/h3,6-8,10-11,16H,2,4-5,9,12-15H2,1H3,(H2,22,23,24,25). The maximum absolute atomic E-state index is 4.59. The van der Waals surface area contributed by atoms with Crippen molar-refractivity contribution in [3.8, 4) is 0 Å². The average molecular weight is 336 g/mol. The van der Waals surface area contributed by atoms with E-state index in [4.69, 9.17) is 0 Å². The van der Waals surface area contributed by atoms with Crippen LogP contribution in [0.15, 0.2) is 48.0 Å². The third-order valence-corrected chi connectivity index (χ3v) is 4.53. The molecule has 0 unspecified atom stereocenters. The molecule has 3 rings (SSSR count). The largest absolute Gasteiger partial charge is 0.370 e. The van der Waals surface area contributed by atoms with E-state index in [-0.39, 0.29) is 0 Å². The number of allylic oxidation sites excluding steroid dienone is 1. The molecule has 0 aliphatic heterocycles.